The summed E-state index contributed by atoms with van der Waals surface area (Å²) in [7, 11) is -8.70. The third-order valence-electron chi connectivity index (χ3n) is 31.3. The largest absolute Gasteiger partial charge is 1.00 e. The summed E-state index contributed by atoms with van der Waals surface area (Å²) < 4.78 is 181. The number of piperidine rings is 3. The number of hydrogen-bond donors (Lipinski definition) is 2. The summed E-state index contributed by atoms with van der Waals surface area (Å²) in [5.41, 5.74) is 8.77. The summed E-state index contributed by atoms with van der Waals surface area (Å²) in [5.74, 6) is 3.30. The minimum atomic E-state index is -3.82. The van der Waals surface area contributed by atoms with E-state index >= 15 is 0 Å². The van der Waals surface area contributed by atoms with Gasteiger partial charge in [-0.1, -0.05) is 169 Å². The lowest BCUT2D eigenvalue weighted by Crippen LogP contribution is -3.12. The molecule has 16 rings (SSSR count). The molecule has 1 atom stereocenters. The zero-order chi connectivity index (χ0) is 105. The van der Waals surface area contributed by atoms with Crippen molar-refractivity contribution in [3.8, 4) is 0 Å². The molecule has 1 aromatic heterocycles. The standard InChI is InChI=1S/2C36H55N5O4S2.C25H42N4O2S.C15H20N3O2S.ClH/c2*1-31-28-40(46(42,43)36-18-16-35(17-19-36)37(2)3)24-10-22-38(30-32-12-6-4-7-13-32)23-11-25-41(29-31)47(44,45)39-26-20-34(21-27-39)33-14-8-5-9-15-33;1-22-19-26-15-7-16-28(21-23-9-5-4-6-10-23)17-8-18-29(20-22)32(30,31)25-13-11-24(12-14-25)27(2)3;1-16-11-12-18(13-16)21(19,20)17-9-7-15(8-10-17)14-5-3-2-4-6-14;/h2*5,8-9,14-19,32,34H,1,4,6-7,10-13,20-30H2,2-3H3;11-14,23,26H,1,4-10,15-21H2,2-3H3;2-6,11-13,15H,7-10H2,1H3;1H/q;;;+1;. The van der Waals surface area contributed by atoms with E-state index < -0.39 is 60.7 Å². The Labute approximate surface area is 896 Å². The summed E-state index contributed by atoms with van der Waals surface area (Å²) >= 11 is 0. The van der Waals surface area contributed by atoms with Crippen LogP contribution in [0.25, 0.3) is 0 Å². The van der Waals surface area contributed by atoms with Crippen LogP contribution in [0.3, 0.4) is 0 Å². The van der Waals surface area contributed by atoms with Gasteiger partial charge in [-0.15, -0.1) is 3.97 Å². The Hall–Kier alpha value is -7.34. The zero-order valence-corrected chi connectivity index (χ0v) is 95.2. The Morgan fingerprint density at radius 1 is 0.324 bits per heavy atom. The van der Waals surface area contributed by atoms with E-state index in [2.05, 4.69) is 71.3 Å². The van der Waals surface area contributed by atoms with Crippen molar-refractivity contribution < 1.29 is 72.4 Å². The van der Waals surface area contributed by atoms with Crippen LogP contribution in [-0.4, -0.2) is 318 Å². The molecule has 2 N–H and O–H groups in total. The maximum absolute atomic E-state index is 14.2. The van der Waals surface area contributed by atoms with Gasteiger partial charge in [0.1, 0.15) is 12.4 Å². The molecule has 0 spiro atoms. The van der Waals surface area contributed by atoms with Crippen LogP contribution in [0, 0.1) is 17.8 Å². The highest BCUT2D eigenvalue weighted by Crippen LogP contribution is 2.37. The molecule has 3 saturated carbocycles. The molecule has 0 radical (unpaired) electrons. The topological polar surface area (TPSA) is 272 Å². The van der Waals surface area contributed by atoms with Crippen molar-refractivity contribution >= 4 is 77.8 Å². The lowest BCUT2D eigenvalue weighted by atomic mass is 9.89. The molecule has 9 fully saturated rings. The van der Waals surface area contributed by atoms with Gasteiger partial charge in [0.05, 0.1) is 41.4 Å². The molecular formula is C112H173ClN17O12S6+. The Kier molecular flexibility index (Phi) is 46.5. The molecule has 6 saturated heterocycles. The summed E-state index contributed by atoms with van der Waals surface area (Å²) in [5, 5.41) is 3.46. The van der Waals surface area contributed by atoms with Crippen LogP contribution in [0.4, 0.5) is 17.1 Å². The van der Waals surface area contributed by atoms with E-state index in [1.165, 1.54) is 130 Å². The van der Waals surface area contributed by atoms with Gasteiger partial charge in [0.2, 0.25) is 30.1 Å². The normalized spacial score (nSPS) is 21.6. The molecule has 7 aromatic rings. The summed E-state index contributed by atoms with van der Waals surface area (Å²) in [6.07, 6.45) is 34.2. The van der Waals surface area contributed by atoms with E-state index in [4.69, 9.17) is 0 Å². The maximum atomic E-state index is 14.2. The van der Waals surface area contributed by atoms with Crippen molar-refractivity contribution in [2.75, 3.05) is 234 Å². The predicted octanol–water partition coefficient (Wildman–Crippen LogP) is 11.2. The first-order valence-corrected chi connectivity index (χ1v) is 63.0. The molecule has 36 heteroatoms. The third-order valence-corrected chi connectivity index (χ3v) is 42.6. The number of quaternary nitrogens is 1. The highest BCUT2D eigenvalue weighted by molar-refractivity contribution is 7.90. The average Bonchev–Trinajstić information content (AvgIpc) is 1.78. The maximum Gasteiger partial charge on any atom is 0.379 e. The van der Waals surface area contributed by atoms with Gasteiger partial charge in [-0.2, -0.15) is 59.7 Å². The Morgan fingerprint density at radius 2 is 0.622 bits per heavy atom. The van der Waals surface area contributed by atoms with Gasteiger partial charge in [-0.05, 0) is 271 Å². The molecule has 3 aliphatic carbocycles. The second kappa shape index (κ2) is 57.7. The Balaban J connectivity index is 0.000000182. The monoisotopic (exact) mass is 2180 g/mol. The lowest BCUT2D eigenvalue weighted by molar-refractivity contribution is -0.904. The van der Waals surface area contributed by atoms with Crippen molar-refractivity contribution in [1.29, 1.82) is 0 Å². The molecule has 0 amide bonds. The number of aryl methyl sites for hydroxylation is 1. The molecule has 0 bridgehead atoms. The number of nitrogens with zero attached hydrogens (tertiary/aromatic N) is 15. The van der Waals surface area contributed by atoms with Gasteiger partial charge < -0.3 is 47.1 Å². The van der Waals surface area contributed by atoms with Gasteiger partial charge in [-0.3, -0.25) is 0 Å². The van der Waals surface area contributed by atoms with Gasteiger partial charge >= 0.3 is 10.2 Å². The van der Waals surface area contributed by atoms with Gasteiger partial charge in [0.15, 0.2) is 0 Å². The minimum Gasteiger partial charge on any atom is -1.00 e. The van der Waals surface area contributed by atoms with Crippen molar-refractivity contribution in [1.82, 2.24) is 53.5 Å². The zero-order valence-electron chi connectivity index (χ0n) is 89.5. The van der Waals surface area contributed by atoms with Crippen LogP contribution in [-0.2, 0) is 67.7 Å². The van der Waals surface area contributed by atoms with Crippen molar-refractivity contribution in [2.45, 2.75) is 206 Å². The summed E-state index contributed by atoms with van der Waals surface area (Å²) in [6.45, 7) is 28.7. The minimum absolute atomic E-state index is 0. The second-order valence-electron chi connectivity index (χ2n) is 43.1. The number of aromatic nitrogens is 2. The molecule has 1 unspecified atom stereocenters. The van der Waals surface area contributed by atoms with E-state index in [9.17, 15) is 50.5 Å². The van der Waals surface area contributed by atoms with Gasteiger partial charge in [0, 0.05) is 202 Å². The molecule has 29 nitrogen and oxygen atoms in total. The van der Waals surface area contributed by atoms with E-state index in [1.54, 1.807) is 85.5 Å². The number of hydrogen-bond acceptors (Lipinski definition) is 18. The summed E-state index contributed by atoms with van der Waals surface area (Å²) in [6, 6.07) is 52.2. The number of benzene rings is 6. The van der Waals surface area contributed by atoms with E-state index in [0.29, 0.717) is 137 Å². The average molecular weight is 2180 g/mol. The van der Waals surface area contributed by atoms with Crippen molar-refractivity contribution in [3.05, 3.63) is 236 Å². The van der Waals surface area contributed by atoms with E-state index in [-0.39, 0.29) is 48.4 Å². The molecule has 6 aliphatic heterocycles. The number of anilines is 3. The fourth-order valence-electron chi connectivity index (χ4n) is 22.8. The van der Waals surface area contributed by atoms with E-state index in [0.717, 1.165) is 165 Å². The first-order chi connectivity index (χ1) is 70.5. The smallest absolute Gasteiger partial charge is 0.379 e. The van der Waals surface area contributed by atoms with Crippen LogP contribution in [0.15, 0.2) is 234 Å². The Bertz CT molecular complexity index is 5720. The van der Waals surface area contributed by atoms with Crippen LogP contribution < -0.4 is 41.9 Å². The number of imidazole rings is 1. The Morgan fingerprint density at radius 3 is 0.953 bits per heavy atom. The van der Waals surface area contributed by atoms with E-state index in [1.807, 2.05) is 155 Å². The quantitative estimate of drug-likeness (QED) is 0.0420. The van der Waals surface area contributed by atoms with Crippen molar-refractivity contribution in [2.24, 2.45) is 24.8 Å². The lowest BCUT2D eigenvalue weighted by Gasteiger charge is -2.36. The fraction of sp³-hybridized carbons (Fsp3) is 0.598. The molecule has 9 aliphatic rings. The molecule has 820 valence electrons. The van der Waals surface area contributed by atoms with Gasteiger partial charge in [0.25, 0.3) is 26.7 Å². The van der Waals surface area contributed by atoms with Crippen LogP contribution in [0.5, 0.6) is 0 Å². The first kappa shape index (κ1) is 119. The molecular weight excluding hydrogens is 2000 g/mol. The molecule has 148 heavy (non-hydrogen) atoms. The fourth-order valence-corrected chi connectivity index (χ4v) is 32.1. The number of nitrogens with one attached hydrogen (secondary N) is 2. The third kappa shape index (κ3) is 34.6. The van der Waals surface area contributed by atoms with Crippen LogP contribution in [0.2, 0.25) is 0 Å². The SMILES string of the molecule is C=C1CN(S(=O)(=O)c2ccc(N(C)C)cc2)CCCN(CC2CCCCC2)CCCN(S(=O)(=O)N2CCC(c3ccccc3)CC2)C1.C=C1CN(S(=O)(=O)c2ccc(N(C)C)cc2)CCC[NH+](CC2CCCCC2)CCCN(S(=O)(=O)N2CCC(c3ccccc3)CC2)C1.C=C1CNCCCN(CC2CCCCC2)CCCN(S(=O)(=O)c2ccc(N(C)C)cc2)C1.C[n+]1ccn(S(=O)(=O)N2CCC(c3ccccc3)CC2)c1.[Cl-]. The van der Waals surface area contributed by atoms with Gasteiger partial charge in [-0.25, -0.2) is 29.8 Å². The highest BCUT2D eigenvalue weighted by atomic mass is 35.5. The van der Waals surface area contributed by atoms with Crippen LogP contribution in [0.1, 0.15) is 208 Å². The van der Waals surface area contributed by atoms with Crippen LogP contribution >= 0.6 is 0 Å². The second-order valence-corrected chi connectivity index (χ2v) is 54.7. The number of sulfonamides is 3. The number of halogens is 1. The molecule has 6 aromatic carbocycles. The predicted molar refractivity (Wildman–Crippen MR) is 596 cm³/mol. The molecule has 7 heterocycles. The first-order valence-electron chi connectivity index (χ1n) is 54.5. The van der Waals surface area contributed by atoms with Crippen molar-refractivity contribution in [3.63, 3.8) is 0 Å². The highest BCUT2D eigenvalue weighted by Gasteiger charge is 2.41. The number of rotatable bonds is 24. The summed E-state index contributed by atoms with van der Waals surface area (Å²) in [4.78, 5) is 13.2.